The minimum atomic E-state index is -0.456. The van der Waals surface area contributed by atoms with Crippen LogP contribution in [0.25, 0.3) is 11.3 Å². The zero-order chi connectivity index (χ0) is 18.7. The number of benzene rings is 1. The molecule has 1 N–H and O–H groups in total. The number of hydrogen-bond donors (Lipinski definition) is 1. The molecule has 1 aromatic carbocycles. The summed E-state index contributed by atoms with van der Waals surface area (Å²) in [7, 11) is 1.62. The largest absolute Gasteiger partial charge is 0.335 e. The summed E-state index contributed by atoms with van der Waals surface area (Å²) < 4.78 is 13.1. The summed E-state index contributed by atoms with van der Waals surface area (Å²) in [4.78, 5) is 33.2. The fraction of sp³-hybridized carbons (Fsp3) is 0.150. The lowest BCUT2D eigenvalue weighted by Crippen LogP contribution is -2.33. The van der Waals surface area contributed by atoms with Gasteiger partial charge in [0.15, 0.2) is 0 Å². The Morgan fingerprint density at radius 3 is 2.35 bits per heavy atom. The molecule has 2 heterocycles. The third-order valence-corrected chi connectivity index (χ3v) is 4.38. The second kappa shape index (κ2) is 7.31. The van der Waals surface area contributed by atoms with E-state index in [-0.39, 0.29) is 17.4 Å². The Morgan fingerprint density at radius 2 is 1.73 bits per heavy atom. The second-order valence-corrected chi connectivity index (χ2v) is 5.99. The topological polar surface area (TPSA) is 66.1 Å². The van der Waals surface area contributed by atoms with Gasteiger partial charge in [-0.15, -0.1) is 0 Å². The molecule has 0 saturated heterocycles. The van der Waals surface area contributed by atoms with Gasteiger partial charge in [-0.3, -0.25) is 14.6 Å². The van der Waals surface area contributed by atoms with Crippen LogP contribution < -0.4 is 5.56 Å². The van der Waals surface area contributed by atoms with E-state index in [1.165, 1.54) is 23.1 Å². The van der Waals surface area contributed by atoms with Crippen molar-refractivity contribution in [1.82, 2.24) is 14.9 Å². The number of nitrogens with one attached hydrogen (secondary N) is 1. The van der Waals surface area contributed by atoms with Crippen LogP contribution in [0.5, 0.6) is 0 Å². The van der Waals surface area contributed by atoms with E-state index in [0.717, 1.165) is 11.1 Å². The van der Waals surface area contributed by atoms with Crippen LogP contribution in [0, 0.1) is 5.82 Å². The lowest BCUT2D eigenvalue weighted by atomic mass is 10.1. The molecule has 0 aliphatic heterocycles. The number of nitrogens with zero attached hydrogens (tertiary/aromatic N) is 2. The molecule has 132 valence electrons. The summed E-state index contributed by atoms with van der Waals surface area (Å²) in [6.07, 6.45) is 3.26. The molecule has 26 heavy (non-hydrogen) atoms. The van der Waals surface area contributed by atoms with Crippen molar-refractivity contribution >= 4 is 5.91 Å². The fourth-order valence-electron chi connectivity index (χ4n) is 2.67. The van der Waals surface area contributed by atoms with Gasteiger partial charge >= 0.3 is 0 Å². The van der Waals surface area contributed by atoms with Crippen molar-refractivity contribution in [1.29, 1.82) is 0 Å². The highest BCUT2D eigenvalue weighted by molar-refractivity contribution is 5.94. The Morgan fingerprint density at radius 1 is 1.08 bits per heavy atom. The van der Waals surface area contributed by atoms with Gasteiger partial charge in [-0.2, -0.15) is 0 Å². The van der Waals surface area contributed by atoms with Crippen LogP contribution >= 0.6 is 0 Å². The van der Waals surface area contributed by atoms with Gasteiger partial charge in [0.25, 0.3) is 11.5 Å². The van der Waals surface area contributed by atoms with Crippen molar-refractivity contribution in [3.8, 4) is 11.3 Å². The van der Waals surface area contributed by atoms with Crippen molar-refractivity contribution in [3.63, 3.8) is 0 Å². The average molecular weight is 351 g/mol. The van der Waals surface area contributed by atoms with E-state index >= 15 is 0 Å². The zero-order valence-electron chi connectivity index (χ0n) is 14.4. The molecule has 0 radical (unpaired) electrons. The van der Waals surface area contributed by atoms with E-state index < -0.39 is 11.5 Å². The molecule has 1 unspecified atom stereocenters. The van der Waals surface area contributed by atoms with Gasteiger partial charge in [0.05, 0.1) is 6.04 Å². The first-order chi connectivity index (χ1) is 12.5. The Kier molecular flexibility index (Phi) is 4.93. The van der Waals surface area contributed by atoms with Crippen LogP contribution in [-0.2, 0) is 0 Å². The molecule has 3 aromatic rings. The van der Waals surface area contributed by atoms with E-state index in [1.807, 2.05) is 6.92 Å². The van der Waals surface area contributed by atoms with Crippen LogP contribution in [-0.4, -0.2) is 27.8 Å². The van der Waals surface area contributed by atoms with Crippen molar-refractivity contribution in [3.05, 3.63) is 88.2 Å². The molecule has 5 nitrogen and oxygen atoms in total. The Labute approximate surface area is 150 Å². The molecule has 1 amide bonds. The Hall–Kier alpha value is -3.28. The van der Waals surface area contributed by atoms with Crippen molar-refractivity contribution in [2.45, 2.75) is 13.0 Å². The van der Waals surface area contributed by atoms with Crippen LogP contribution in [0.2, 0.25) is 0 Å². The van der Waals surface area contributed by atoms with Gasteiger partial charge in [-0.25, -0.2) is 4.39 Å². The van der Waals surface area contributed by atoms with E-state index in [0.29, 0.717) is 5.69 Å². The number of hydrogen-bond acceptors (Lipinski definition) is 3. The molecule has 1 atom stereocenters. The highest BCUT2D eigenvalue weighted by Crippen LogP contribution is 2.21. The number of aromatic amines is 1. The number of carbonyl (C=O) groups is 1. The first kappa shape index (κ1) is 17.5. The smallest absolute Gasteiger partial charge is 0.261 e. The number of amides is 1. The average Bonchev–Trinajstić information content (AvgIpc) is 2.67. The maximum Gasteiger partial charge on any atom is 0.261 e. The number of carbonyl (C=O) groups excluding carboxylic acids is 1. The first-order valence-electron chi connectivity index (χ1n) is 8.13. The van der Waals surface area contributed by atoms with Gasteiger partial charge in [0.2, 0.25) is 0 Å². The Balaban J connectivity index is 1.85. The van der Waals surface area contributed by atoms with Gasteiger partial charge in [-0.05, 0) is 48.9 Å². The normalized spacial score (nSPS) is 11.8. The third-order valence-electron chi connectivity index (χ3n) is 4.38. The van der Waals surface area contributed by atoms with Crippen LogP contribution in [0.15, 0.2) is 65.7 Å². The number of aromatic nitrogens is 2. The highest BCUT2D eigenvalue weighted by atomic mass is 19.1. The van der Waals surface area contributed by atoms with E-state index in [2.05, 4.69) is 9.97 Å². The fourth-order valence-corrected chi connectivity index (χ4v) is 2.67. The van der Waals surface area contributed by atoms with Gasteiger partial charge < -0.3 is 9.88 Å². The van der Waals surface area contributed by atoms with Gasteiger partial charge in [0, 0.05) is 30.7 Å². The predicted octanol–water partition coefficient (Wildman–Crippen LogP) is 3.41. The quantitative estimate of drug-likeness (QED) is 0.783. The molecule has 3 rings (SSSR count). The lowest BCUT2D eigenvalue weighted by Gasteiger charge is -2.25. The Bertz CT molecular complexity index is 968. The highest BCUT2D eigenvalue weighted by Gasteiger charge is 2.21. The molecule has 0 spiro atoms. The summed E-state index contributed by atoms with van der Waals surface area (Å²) in [6, 6.07) is 12.4. The van der Waals surface area contributed by atoms with Crippen LogP contribution in [0.1, 0.15) is 28.9 Å². The summed E-state index contributed by atoms with van der Waals surface area (Å²) in [6.45, 7) is 1.82. The minimum Gasteiger partial charge on any atom is -0.335 e. The molecular weight excluding hydrogens is 333 g/mol. The molecule has 0 bridgehead atoms. The van der Waals surface area contributed by atoms with Crippen molar-refractivity contribution < 1.29 is 9.18 Å². The SMILES string of the molecule is CC(c1ccc(F)cc1)N(C)C(=O)c1ccc(-c2ccncc2)[nH]c1=O. The monoisotopic (exact) mass is 351 g/mol. The summed E-state index contributed by atoms with van der Waals surface area (Å²) in [5, 5.41) is 0. The summed E-state index contributed by atoms with van der Waals surface area (Å²) >= 11 is 0. The molecular formula is C20H18FN3O2. The molecule has 0 aliphatic rings. The summed E-state index contributed by atoms with van der Waals surface area (Å²) in [5.41, 5.74) is 1.81. The van der Waals surface area contributed by atoms with Crippen LogP contribution in [0.4, 0.5) is 4.39 Å². The predicted molar refractivity (Wildman–Crippen MR) is 97.2 cm³/mol. The summed E-state index contributed by atoms with van der Waals surface area (Å²) in [5.74, 6) is -0.734. The second-order valence-electron chi connectivity index (χ2n) is 5.99. The number of halogens is 1. The van der Waals surface area contributed by atoms with Crippen molar-refractivity contribution in [2.24, 2.45) is 0 Å². The molecule has 0 fully saturated rings. The zero-order valence-corrected chi connectivity index (χ0v) is 14.4. The molecule has 6 heteroatoms. The number of rotatable bonds is 4. The van der Waals surface area contributed by atoms with Crippen molar-refractivity contribution in [2.75, 3.05) is 7.05 Å². The molecule has 0 aliphatic carbocycles. The molecule has 0 saturated carbocycles. The minimum absolute atomic E-state index is 0.0549. The van der Waals surface area contributed by atoms with E-state index in [1.54, 1.807) is 49.8 Å². The molecule has 2 aromatic heterocycles. The van der Waals surface area contributed by atoms with Gasteiger partial charge in [-0.1, -0.05) is 12.1 Å². The third kappa shape index (κ3) is 3.54. The lowest BCUT2D eigenvalue weighted by molar-refractivity contribution is 0.0741. The maximum absolute atomic E-state index is 13.1. The van der Waals surface area contributed by atoms with E-state index in [9.17, 15) is 14.0 Å². The maximum atomic E-state index is 13.1. The standard InChI is InChI=1S/C20H18FN3O2/c1-13(14-3-5-16(21)6-4-14)24(2)20(26)17-7-8-18(23-19(17)25)15-9-11-22-12-10-15/h3-13H,1-2H3,(H,23,25). The number of H-pyrrole nitrogens is 1. The van der Waals surface area contributed by atoms with Gasteiger partial charge in [0.1, 0.15) is 11.4 Å². The number of pyridine rings is 2. The van der Waals surface area contributed by atoms with E-state index in [4.69, 9.17) is 0 Å². The first-order valence-corrected chi connectivity index (χ1v) is 8.13. The van der Waals surface area contributed by atoms with Crippen LogP contribution in [0.3, 0.4) is 0 Å².